The molecule has 0 aliphatic carbocycles. The predicted octanol–water partition coefficient (Wildman–Crippen LogP) is 1.86. The van der Waals surface area contributed by atoms with E-state index in [-0.39, 0.29) is 28.0 Å². The van der Waals surface area contributed by atoms with E-state index >= 15 is 0 Å². The number of nitrogens with zero attached hydrogens (tertiary/aromatic N) is 2. The van der Waals surface area contributed by atoms with Crippen LogP contribution in [-0.4, -0.2) is 25.6 Å². The number of benzene rings is 1. The minimum absolute atomic E-state index is 0.0334. The van der Waals surface area contributed by atoms with Gasteiger partial charge in [-0.25, -0.2) is 14.2 Å². The van der Waals surface area contributed by atoms with Crippen LogP contribution in [-0.2, 0) is 0 Å². The summed E-state index contributed by atoms with van der Waals surface area (Å²) < 4.78 is 15.2. The van der Waals surface area contributed by atoms with Crippen molar-refractivity contribution in [2.45, 2.75) is 6.92 Å². The first-order valence-electron chi connectivity index (χ1n) is 6.09. The highest BCUT2D eigenvalue weighted by Crippen LogP contribution is 2.26. The molecule has 0 amide bonds. The molecule has 0 aliphatic rings. The van der Waals surface area contributed by atoms with Crippen LogP contribution >= 0.6 is 0 Å². The Bertz CT molecular complexity index is 927. The van der Waals surface area contributed by atoms with Gasteiger partial charge in [0, 0.05) is 0 Å². The average molecular weight is 287 g/mol. The van der Waals surface area contributed by atoms with Crippen LogP contribution in [0.5, 0.6) is 0 Å². The van der Waals surface area contributed by atoms with E-state index in [9.17, 15) is 19.1 Å². The summed E-state index contributed by atoms with van der Waals surface area (Å²) in [5.74, 6) is -1.85. The Kier molecular flexibility index (Phi) is 2.83. The highest BCUT2D eigenvalue weighted by atomic mass is 19.1. The largest absolute Gasteiger partial charge is 0.477 e. The standard InChI is InChI=1S/C14H10FN3O3/c1-7-10-12(16-6-17-13(10)19)18(11(7)14(20)21)9-5-3-2-4-8(9)15/h2-6H,1H3,(H,20,21)(H,16,17,19). The minimum Gasteiger partial charge on any atom is -0.477 e. The smallest absolute Gasteiger partial charge is 0.353 e. The van der Waals surface area contributed by atoms with E-state index in [0.717, 1.165) is 10.9 Å². The highest BCUT2D eigenvalue weighted by Gasteiger charge is 2.24. The first kappa shape index (κ1) is 13.0. The zero-order chi connectivity index (χ0) is 15.1. The van der Waals surface area contributed by atoms with Gasteiger partial charge in [0.2, 0.25) is 0 Å². The fourth-order valence-electron chi connectivity index (χ4n) is 2.41. The quantitative estimate of drug-likeness (QED) is 0.753. The molecule has 106 valence electrons. The van der Waals surface area contributed by atoms with Crippen LogP contribution in [0.15, 0.2) is 35.4 Å². The summed E-state index contributed by atoms with van der Waals surface area (Å²) in [5.41, 5.74) is -0.255. The number of hydrogen-bond acceptors (Lipinski definition) is 3. The molecule has 0 spiro atoms. The Morgan fingerprint density at radius 2 is 2.10 bits per heavy atom. The van der Waals surface area contributed by atoms with Crippen molar-refractivity contribution >= 4 is 17.0 Å². The maximum absolute atomic E-state index is 14.0. The molecule has 0 atom stereocenters. The number of para-hydroxylation sites is 1. The van der Waals surface area contributed by atoms with E-state index in [1.807, 2.05) is 0 Å². The number of H-pyrrole nitrogens is 1. The molecule has 2 heterocycles. The van der Waals surface area contributed by atoms with Crippen molar-refractivity contribution in [1.82, 2.24) is 14.5 Å². The molecular weight excluding hydrogens is 277 g/mol. The third-order valence-electron chi connectivity index (χ3n) is 3.29. The Labute approximate surface area is 117 Å². The lowest BCUT2D eigenvalue weighted by molar-refractivity contribution is 0.0687. The number of rotatable bonds is 2. The lowest BCUT2D eigenvalue weighted by Crippen LogP contribution is -2.10. The molecular formula is C14H10FN3O3. The van der Waals surface area contributed by atoms with Gasteiger partial charge in [0.1, 0.15) is 11.5 Å². The van der Waals surface area contributed by atoms with Crippen molar-refractivity contribution in [3.05, 3.63) is 58.0 Å². The highest BCUT2D eigenvalue weighted by molar-refractivity contribution is 5.97. The summed E-state index contributed by atoms with van der Waals surface area (Å²) in [4.78, 5) is 29.8. The second-order valence-corrected chi connectivity index (χ2v) is 4.50. The monoisotopic (exact) mass is 287 g/mol. The second kappa shape index (κ2) is 4.55. The van der Waals surface area contributed by atoms with E-state index in [0.29, 0.717) is 0 Å². The first-order chi connectivity index (χ1) is 10.0. The van der Waals surface area contributed by atoms with E-state index in [4.69, 9.17) is 0 Å². The summed E-state index contributed by atoms with van der Waals surface area (Å²) in [6.07, 6.45) is 1.16. The third kappa shape index (κ3) is 1.82. The topological polar surface area (TPSA) is 88.0 Å². The molecule has 2 aromatic heterocycles. The fraction of sp³-hybridized carbons (Fsp3) is 0.0714. The number of carboxylic acids is 1. The molecule has 0 fully saturated rings. The maximum atomic E-state index is 14.0. The maximum Gasteiger partial charge on any atom is 0.353 e. The lowest BCUT2D eigenvalue weighted by Gasteiger charge is -2.08. The molecule has 0 saturated heterocycles. The fourth-order valence-corrected chi connectivity index (χ4v) is 2.41. The Hall–Kier alpha value is -2.96. The molecule has 0 saturated carbocycles. The van der Waals surface area contributed by atoms with Crippen LogP contribution < -0.4 is 5.56 Å². The molecule has 0 unspecified atom stereocenters. The van der Waals surface area contributed by atoms with Crippen molar-refractivity contribution in [2.24, 2.45) is 0 Å². The van der Waals surface area contributed by atoms with Gasteiger partial charge in [-0.3, -0.25) is 9.36 Å². The zero-order valence-corrected chi connectivity index (χ0v) is 10.9. The van der Waals surface area contributed by atoms with Crippen molar-refractivity contribution in [1.29, 1.82) is 0 Å². The summed E-state index contributed by atoms with van der Waals surface area (Å²) in [6.45, 7) is 1.50. The molecule has 0 radical (unpaired) electrons. The number of aryl methyl sites for hydroxylation is 1. The number of halogens is 1. The second-order valence-electron chi connectivity index (χ2n) is 4.50. The SMILES string of the molecule is Cc1c(C(=O)O)n(-c2ccccc2F)c2nc[nH]c(=O)c12. The Morgan fingerprint density at radius 3 is 2.76 bits per heavy atom. The summed E-state index contributed by atoms with van der Waals surface area (Å²) >= 11 is 0. The van der Waals surface area contributed by atoms with E-state index < -0.39 is 17.3 Å². The van der Waals surface area contributed by atoms with Crippen molar-refractivity contribution < 1.29 is 14.3 Å². The van der Waals surface area contributed by atoms with Crippen LogP contribution in [0.3, 0.4) is 0 Å². The van der Waals surface area contributed by atoms with Crippen LogP contribution in [0, 0.1) is 12.7 Å². The van der Waals surface area contributed by atoms with Crippen molar-refractivity contribution in [2.75, 3.05) is 0 Å². The van der Waals surface area contributed by atoms with E-state index in [2.05, 4.69) is 9.97 Å². The lowest BCUT2D eigenvalue weighted by atomic mass is 10.2. The van der Waals surface area contributed by atoms with Gasteiger partial charge in [-0.1, -0.05) is 12.1 Å². The number of aromatic amines is 1. The number of aromatic nitrogens is 3. The molecule has 21 heavy (non-hydrogen) atoms. The van der Waals surface area contributed by atoms with E-state index in [1.165, 1.54) is 25.1 Å². The number of nitrogens with one attached hydrogen (secondary N) is 1. The third-order valence-corrected chi connectivity index (χ3v) is 3.29. The molecule has 1 aromatic carbocycles. The van der Waals surface area contributed by atoms with Crippen molar-refractivity contribution in [3.63, 3.8) is 0 Å². The number of aromatic carboxylic acids is 1. The normalized spacial score (nSPS) is 11.0. The summed E-state index contributed by atoms with van der Waals surface area (Å²) in [7, 11) is 0. The molecule has 0 aliphatic heterocycles. The van der Waals surface area contributed by atoms with Crippen LogP contribution in [0.4, 0.5) is 4.39 Å². The average Bonchev–Trinajstić information content (AvgIpc) is 2.74. The predicted molar refractivity (Wildman–Crippen MR) is 73.3 cm³/mol. The van der Waals surface area contributed by atoms with Gasteiger partial charge in [-0.2, -0.15) is 0 Å². The molecule has 7 heteroatoms. The molecule has 3 rings (SSSR count). The zero-order valence-electron chi connectivity index (χ0n) is 10.9. The molecule has 3 aromatic rings. The van der Waals surface area contributed by atoms with Gasteiger partial charge < -0.3 is 10.1 Å². The van der Waals surface area contributed by atoms with Gasteiger partial charge in [-0.05, 0) is 24.6 Å². The molecule has 2 N–H and O–H groups in total. The summed E-state index contributed by atoms with van der Waals surface area (Å²) in [6, 6.07) is 5.73. The molecule has 0 bridgehead atoms. The molecule has 6 nitrogen and oxygen atoms in total. The van der Waals surface area contributed by atoms with Crippen LogP contribution in [0.2, 0.25) is 0 Å². The minimum atomic E-state index is -1.26. The number of hydrogen-bond donors (Lipinski definition) is 2. The number of carboxylic acid groups (broad SMARTS) is 1. The Morgan fingerprint density at radius 1 is 1.38 bits per heavy atom. The van der Waals surface area contributed by atoms with Gasteiger partial charge in [0.25, 0.3) is 5.56 Å². The van der Waals surface area contributed by atoms with Gasteiger partial charge in [0.15, 0.2) is 5.65 Å². The number of carbonyl (C=O) groups is 1. The van der Waals surface area contributed by atoms with Crippen molar-refractivity contribution in [3.8, 4) is 5.69 Å². The number of fused-ring (bicyclic) bond motifs is 1. The van der Waals surface area contributed by atoms with Gasteiger partial charge in [0.05, 0.1) is 17.4 Å². The first-order valence-corrected chi connectivity index (χ1v) is 6.09. The van der Waals surface area contributed by atoms with E-state index in [1.54, 1.807) is 6.07 Å². The van der Waals surface area contributed by atoms with Crippen LogP contribution in [0.25, 0.3) is 16.7 Å². The van der Waals surface area contributed by atoms with Crippen LogP contribution in [0.1, 0.15) is 16.1 Å². The Balaban J connectivity index is 2.56. The van der Waals surface area contributed by atoms with Gasteiger partial charge >= 0.3 is 5.97 Å². The summed E-state index contributed by atoms with van der Waals surface area (Å²) in [5, 5.41) is 9.54. The van der Waals surface area contributed by atoms with Gasteiger partial charge in [-0.15, -0.1) is 0 Å².